The first-order valence-corrected chi connectivity index (χ1v) is 7.37. The Morgan fingerprint density at radius 3 is 2.57 bits per heavy atom. The lowest BCUT2D eigenvalue weighted by Gasteiger charge is -2.18. The Morgan fingerprint density at radius 1 is 1.24 bits per heavy atom. The topological polar surface area (TPSA) is 41.5 Å². The van der Waals surface area contributed by atoms with Crippen molar-refractivity contribution in [3.05, 3.63) is 58.6 Å². The second kappa shape index (κ2) is 7.34. The van der Waals surface area contributed by atoms with Crippen LogP contribution in [0.3, 0.4) is 0 Å². The van der Waals surface area contributed by atoms with Gasteiger partial charge in [-0.15, -0.1) is 0 Å². The van der Waals surface area contributed by atoms with E-state index in [0.29, 0.717) is 17.3 Å². The number of nitrogens with one attached hydrogen (secondary N) is 1. The molecule has 3 nitrogen and oxygen atoms in total. The van der Waals surface area contributed by atoms with Crippen LogP contribution in [-0.4, -0.2) is 12.2 Å². The number of halogens is 1. The van der Waals surface area contributed by atoms with Gasteiger partial charge in [-0.25, -0.2) is 0 Å². The number of phenols is 1. The monoisotopic (exact) mass is 305 g/mol. The smallest absolute Gasteiger partial charge is 0.162 e. The maximum Gasteiger partial charge on any atom is 0.162 e. The van der Waals surface area contributed by atoms with Crippen LogP contribution in [0.25, 0.3) is 0 Å². The average Bonchev–Trinajstić information content (AvgIpc) is 2.51. The van der Waals surface area contributed by atoms with E-state index in [2.05, 4.69) is 24.4 Å². The Kier molecular flexibility index (Phi) is 5.48. The van der Waals surface area contributed by atoms with Crippen molar-refractivity contribution in [3.63, 3.8) is 0 Å². The van der Waals surface area contributed by atoms with Gasteiger partial charge >= 0.3 is 0 Å². The van der Waals surface area contributed by atoms with Crippen LogP contribution < -0.4 is 10.1 Å². The van der Waals surface area contributed by atoms with Crippen molar-refractivity contribution in [2.75, 3.05) is 7.11 Å². The maximum absolute atomic E-state index is 10.1. The minimum Gasteiger partial charge on any atom is -0.504 e. The summed E-state index contributed by atoms with van der Waals surface area (Å²) in [5.74, 6) is 0.532. The molecular weight excluding hydrogens is 286 g/mol. The first-order valence-electron chi connectivity index (χ1n) is 6.99. The second-order valence-electron chi connectivity index (χ2n) is 4.87. The van der Waals surface area contributed by atoms with E-state index >= 15 is 0 Å². The molecule has 0 heterocycles. The summed E-state index contributed by atoms with van der Waals surface area (Å²) in [6.07, 6.45) is 0.961. The van der Waals surface area contributed by atoms with Crippen LogP contribution in [-0.2, 0) is 6.54 Å². The minimum atomic E-state index is 0.136. The van der Waals surface area contributed by atoms with Crippen LogP contribution in [0.4, 0.5) is 0 Å². The van der Waals surface area contributed by atoms with E-state index in [-0.39, 0.29) is 11.8 Å². The molecule has 0 radical (unpaired) electrons. The molecule has 0 aliphatic rings. The zero-order valence-electron chi connectivity index (χ0n) is 12.3. The normalized spacial score (nSPS) is 12.1. The molecular formula is C17H20ClNO2. The third kappa shape index (κ3) is 3.90. The highest BCUT2D eigenvalue weighted by Gasteiger charge is 2.13. The molecule has 0 bridgehead atoms. The zero-order valence-corrected chi connectivity index (χ0v) is 13.0. The summed E-state index contributed by atoms with van der Waals surface area (Å²) in [5.41, 5.74) is 1.96. The molecule has 21 heavy (non-hydrogen) atoms. The van der Waals surface area contributed by atoms with Crippen molar-refractivity contribution in [2.24, 2.45) is 0 Å². The Morgan fingerprint density at radius 2 is 1.95 bits per heavy atom. The molecule has 1 unspecified atom stereocenters. The van der Waals surface area contributed by atoms with Gasteiger partial charge in [0.15, 0.2) is 11.5 Å². The Balaban J connectivity index is 2.13. The number of phenolic OH excluding ortho intramolecular Hbond substituents is 1. The molecule has 0 spiro atoms. The van der Waals surface area contributed by atoms with Gasteiger partial charge in [0, 0.05) is 29.2 Å². The summed E-state index contributed by atoms with van der Waals surface area (Å²) in [6, 6.07) is 13.8. The average molecular weight is 306 g/mol. The van der Waals surface area contributed by atoms with E-state index in [1.165, 1.54) is 12.7 Å². The molecule has 0 aromatic heterocycles. The van der Waals surface area contributed by atoms with E-state index in [1.807, 2.05) is 18.2 Å². The largest absolute Gasteiger partial charge is 0.504 e. The van der Waals surface area contributed by atoms with Crippen LogP contribution in [0, 0.1) is 0 Å². The first-order chi connectivity index (χ1) is 10.2. The summed E-state index contributed by atoms with van der Waals surface area (Å²) in [6.45, 7) is 2.65. The van der Waals surface area contributed by atoms with E-state index in [0.717, 1.165) is 12.0 Å². The molecule has 4 heteroatoms. The highest BCUT2D eigenvalue weighted by atomic mass is 35.5. The van der Waals surface area contributed by atoms with Gasteiger partial charge in [-0.3, -0.25) is 0 Å². The second-order valence-corrected chi connectivity index (χ2v) is 5.30. The summed E-state index contributed by atoms with van der Waals surface area (Å²) >= 11 is 6.05. The van der Waals surface area contributed by atoms with E-state index < -0.39 is 0 Å². The third-order valence-electron chi connectivity index (χ3n) is 3.49. The van der Waals surface area contributed by atoms with Crippen LogP contribution in [0.1, 0.15) is 30.5 Å². The van der Waals surface area contributed by atoms with Gasteiger partial charge in [0.25, 0.3) is 0 Å². The van der Waals surface area contributed by atoms with Crippen LogP contribution >= 0.6 is 11.6 Å². The van der Waals surface area contributed by atoms with Gasteiger partial charge in [-0.2, -0.15) is 0 Å². The molecule has 112 valence electrons. The van der Waals surface area contributed by atoms with Gasteiger partial charge in [-0.05, 0) is 18.1 Å². The molecule has 0 aliphatic heterocycles. The van der Waals surface area contributed by atoms with Crippen molar-refractivity contribution < 1.29 is 9.84 Å². The van der Waals surface area contributed by atoms with Gasteiger partial charge in [0.05, 0.1) is 7.11 Å². The van der Waals surface area contributed by atoms with Crippen molar-refractivity contribution in [2.45, 2.75) is 25.9 Å². The quantitative estimate of drug-likeness (QED) is 0.836. The predicted molar refractivity (Wildman–Crippen MR) is 86.0 cm³/mol. The minimum absolute atomic E-state index is 0.136. The highest BCUT2D eigenvalue weighted by Crippen LogP contribution is 2.33. The van der Waals surface area contributed by atoms with E-state index in [4.69, 9.17) is 16.3 Å². The van der Waals surface area contributed by atoms with Gasteiger partial charge in [0.1, 0.15) is 0 Å². The lowest BCUT2D eigenvalue weighted by molar-refractivity contribution is 0.368. The maximum atomic E-state index is 10.1. The van der Waals surface area contributed by atoms with Gasteiger partial charge in [-0.1, -0.05) is 48.9 Å². The first kappa shape index (κ1) is 15.7. The van der Waals surface area contributed by atoms with Crippen molar-refractivity contribution in [3.8, 4) is 11.5 Å². The standard InChI is InChI=1S/C17H20ClNO2/c1-3-15(12-7-5-4-6-8-12)19-11-13-9-14(18)10-16(21-2)17(13)20/h4-10,15,19-20H,3,11H2,1-2H3. The van der Waals surface area contributed by atoms with Gasteiger partial charge in [0.2, 0.25) is 0 Å². The summed E-state index contributed by atoms with van der Waals surface area (Å²) in [5, 5.41) is 14.1. The molecule has 0 aliphatic carbocycles. The fourth-order valence-corrected chi connectivity index (χ4v) is 2.57. The number of rotatable bonds is 6. The third-order valence-corrected chi connectivity index (χ3v) is 3.71. The zero-order chi connectivity index (χ0) is 15.2. The van der Waals surface area contributed by atoms with Gasteiger partial charge < -0.3 is 15.2 Å². The molecule has 2 aromatic rings. The molecule has 2 aromatic carbocycles. The van der Waals surface area contributed by atoms with Crippen LogP contribution in [0.5, 0.6) is 11.5 Å². The molecule has 0 amide bonds. The number of hydrogen-bond donors (Lipinski definition) is 2. The summed E-state index contributed by atoms with van der Waals surface area (Å²) < 4.78 is 5.12. The molecule has 0 fully saturated rings. The SMILES string of the molecule is CCC(NCc1cc(Cl)cc(OC)c1O)c1ccccc1. The number of aromatic hydroxyl groups is 1. The highest BCUT2D eigenvalue weighted by molar-refractivity contribution is 6.30. The molecule has 2 N–H and O–H groups in total. The predicted octanol–water partition coefficient (Wildman–Crippen LogP) is 4.30. The summed E-state index contributed by atoms with van der Waals surface area (Å²) in [4.78, 5) is 0. The van der Waals surface area contributed by atoms with E-state index in [1.54, 1.807) is 12.1 Å². The van der Waals surface area contributed by atoms with E-state index in [9.17, 15) is 5.11 Å². The lowest BCUT2D eigenvalue weighted by Crippen LogP contribution is -2.20. The number of benzene rings is 2. The molecule has 1 atom stereocenters. The van der Waals surface area contributed by atoms with Crippen molar-refractivity contribution in [1.82, 2.24) is 5.32 Å². The Bertz CT molecular complexity index is 587. The van der Waals surface area contributed by atoms with Crippen molar-refractivity contribution in [1.29, 1.82) is 0 Å². The molecule has 0 saturated carbocycles. The fourth-order valence-electron chi connectivity index (χ4n) is 2.34. The van der Waals surface area contributed by atoms with Crippen molar-refractivity contribution >= 4 is 11.6 Å². The lowest BCUT2D eigenvalue weighted by atomic mass is 10.0. The summed E-state index contributed by atoms with van der Waals surface area (Å²) in [7, 11) is 1.52. The molecule has 2 rings (SSSR count). The number of methoxy groups -OCH3 is 1. The number of hydrogen-bond acceptors (Lipinski definition) is 3. The Labute approximate surface area is 130 Å². The Hall–Kier alpha value is -1.71. The van der Waals surface area contributed by atoms with Crippen LogP contribution in [0.15, 0.2) is 42.5 Å². The number of ether oxygens (including phenoxy) is 1. The fraction of sp³-hybridized carbons (Fsp3) is 0.294. The van der Waals surface area contributed by atoms with Crippen LogP contribution in [0.2, 0.25) is 5.02 Å². The molecule has 0 saturated heterocycles.